The molecule has 9 heteroatoms. The normalized spacial score (nSPS) is 28.3. The zero-order chi connectivity index (χ0) is 25.0. The van der Waals surface area contributed by atoms with Gasteiger partial charge in [-0.25, -0.2) is 12.8 Å². The third-order valence-electron chi connectivity index (χ3n) is 8.14. The Bertz CT molecular complexity index is 1290. The minimum absolute atomic E-state index is 0.0958. The molecule has 186 valence electrons. The molecule has 0 bridgehead atoms. The molecule has 2 aromatic rings. The van der Waals surface area contributed by atoms with Gasteiger partial charge in [-0.2, -0.15) is 0 Å². The lowest BCUT2D eigenvalue weighted by molar-refractivity contribution is -0.146. The zero-order valence-corrected chi connectivity index (χ0v) is 20.7. The summed E-state index contributed by atoms with van der Waals surface area (Å²) in [7, 11) is -4.08. The van der Waals surface area contributed by atoms with E-state index in [1.165, 1.54) is 18.2 Å². The summed E-state index contributed by atoms with van der Waals surface area (Å²) in [6.07, 6.45) is 3.09. The highest BCUT2D eigenvalue weighted by Gasteiger charge is 2.61. The summed E-state index contributed by atoms with van der Waals surface area (Å²) in [5, 5.41) is 9.81. The Morgan fingerprint density at radius 1 is 1.03 bits per heavy atom. The molecule has 1 heterocycles. The molecule has 2 unspecified atom stereocenters. The van der Waals surface area contributed by atoms with Gasteiger partial charge >= 0.3 is 5.97 Å². The fourth-order valence-corrected chi connectivity index (χ4v) is 9.02. The van der Waals surface area contributed by atoms with Gasteiger partial charge in [-0.15, -0.1) is 0 Å². The first-order chi connectivity index (χ1) is 16.6. The molecule has 2 aliphatic carbocycles. The second kappa shape index (κ2) is 8.89. The number of carbonyl (C=O) groups excluding carboxylic acids is 1. The maximum atomic E-state index is 14.3. The van der Waals surface area contributed by atoms with Gasteiger partial charge in [0.1, 0.15) is 10.6 Å². The van der Waals surface area contributed by atoms with E-state index in [1.807, 2.05) is 0 Å². The molecule has 35 heavy (non-hydrogen) atoms. The fourth-order valence-electron chi connectivity index (χ4n) is 6.43. The highest BCUT2D eigenvalue weighted by molar-refractivity contribution is 7.92. The largest absolute Gasteiger partial charge is 0.481 e. The summed E-state index contributed by atoms with van der Waals surface area (Å²) in [5.41, 5.74) is 1.47. The lowest BCUT2D eigenvalue weighted by Gasteiger charge is -2.43. The van der Waals surface area contributed by atoms with Crippen molar-refractivity contribution in [3.8, 4) is 0 Å². The average molecular weight is 520 g/mol. The van der Waals surface area contributed by atoms with Crippen LogP contribution >= 0.6 is 11.6 Å². The summed E-state index contributed by atoms with van der Waals surface area (Å²) in [5.74, 6) is -2.32. The number of likely N-dealkylation sites (tertiary alicyclic amines) is 1. The molecule has 1 saturated heterocycles. The Morgan fingerprint density at radius 3 is 2.43 bits per heavy atom. The molecular weight excluding hydrogens is 493 g/mol. The van der Waals surface area contributed by atoms with E-state index in [9.17, 15) is 27.5 Å². The van der Waals surface area contributed by atoms with Crippen LogP contribution in [0.1, 0.15) is 49.7 Å². The molecular formula is C26H27ClFNO5S. The minimum atomic E-state index is -4.08. The lowest BCUT2D eigenvalue weighted by atomic mass is 9.78. The number of fused-ring (bicyclic) bond motifs is 3. The van der Waals surface area contributed by atoms with Crippen LogP contribution in [-0.2, 0) is 30.6 Å². The standard InChI is InChI=1S/C26H27ClFNO5S/c27-19-9-10-22-18(14-19)8-11-23-26(22,35(33,34)21-3-1-2-20(28)15-21)12-13-29(23)24(30)16-4-6-17(7-5-16)25(31)32/h1-3,9-10,14-17,23H,4-8,11-13H2,(H,31,32)/t16-,17-,23?,26?. The number of sulfone groups is 1. The van der Waals surface area contributed by atoms with Crippen LogP contribution < -0.4 is 0 Å². The summed E-state index contributed by atoms with van der Waals surface area (Å²) < 4.78 is 41.2. The number of aryl methyl sites for hydroxylation is 1. The van der Waals surface area contributed by atoms with Crippen molar-refractivity contribution in [2.45, 2.75) is 60.6 Å². The van der Waals surface area contributed by atoms with Crippen molar-refractivity contribution in [3.63, 3.8) is 0 Å². The number of aliphatic carboxylic acids is 1. The fraction of sp³-hybridized carbons (Fsp3) is 0.462. The third kappa shape index (κ3) is 3.85. The SMILES string of the molecule is O=C(O)[C@H]1CC[C@H](C(=O)N2CCC3(S(=O)(=O)c4cccc(F)c4)c4ccc(Cl)cc4CCC23)CC1. The van der Waals surface area contributed by atoms with Crippen LogP contribution in [0.2, 0.25) is 5.02 Å². The topological polar surface area (TPSA) is 91.8 Å². The van der Waals surface area contributed by atoms with Crippen LogP contribution in [0.4, 0.5) is 4.39 Å². The summed E-state index contributed by atoms with van der Waals surface area (Å²) in [4.78, 5) is 26.6. The molecule has 2 fully saturated rings. The van der Waals surface area contributed by atoms with E-state index in [-0.39, 0.29) is 29.7 Å². The molecule has 6 nitrogen and oxygen atoms in total. The lowest BCUT2D eigenvalue weighted by Crippen LogP contribution is -2.53. The molecule has 1 aliphatic heterocycles. The first-order valence-electron chi connectivity index (χ1n) is 12.0. The van der Waals surface area contributed by atoms with Crippen LogP contribution in [0, 0.1) is 17.7 Å². The smallest absolute Gasteiger partial charge is 0.306 e. The Labute approximate surface area is 209 Å². The van der Waals surface area contributed by atoms with Gasteiger partial charge in [0.15, 0.2) is 9.84 Å². The van der Waals surface area contributed by atoms with Gasteiger partial charge in [0.25, 0.3) is 0 Å². The summed E-state index contributed by atoms with van der Waals surface area (Å²) >= 11 is 6.23. The number of amides is 1. The Hall–Kier alpha value is -2.45. The molecule has 3 aliphatic rings. The van der Waals surface area contributed by atoms with Crippen LogP contribution in [-0.4, -0.2) is 42.9 Å². The van der Waals surface area contributed by atoms with E-state index >= 15 is 0 Å². The van der Waals surface area contributed by atoms with Gasteiger partial charge in [0.05, 0.1) is 16.9 Å². The van der Waals surface area contributed by atoms with Gasteiger partial charge in [-0.05, 0) is 86.4 Å². The molecule has 1 saturated carbocycles. The number of rotatable bonds is 4. The van der Waals surface area contributed by atoms with Crippen molar-refractivity contribution >= 4 is 33.3 Å². The van der Waals surface area contributed by atoms with Gasteiger partial charge in [0.2, 0.25) is 5.91 Å². The number of halogens is 2. The monoisotopic (exact) mass is 519 g/mol. The number of hydrogen-bond acceptors (Lipinski definition) is 4. The maximum Gasteiger partial charge on any atom is 0.306 e. The Kier molecular flexibility index (Phi) is 6.16. The molecule has 1 N–H and O–H groups in total. The van der Waals surface area contributed by atoms with E-state index in [2.05, 4.69) is 0 Å². The quantitative estimate of drug-likeness (QED) is 0.638. The van der Waals surface area contributed by atoms with E-state index in [4.69, 9.17) is 11.6 Å². The maximum absolute atomic E-state index is 14.3. The van der Waals surface area contributed by atoms with Crippen molar-refractivity contribution in [2.75, 3.05) is 6.54 Å². The molecule has 2 aromatic carbocycles. The second-order valence-corrected chi connectivity index (χ2v) is 12.5. The predicted molar refractivity (Wildman–Crippen MR) is 128 cm³/mol. The van der Waals surface area contributed by atoms with Gasteiger partial charge in [-0.3, -0.25) is 9.59 Å². The van der Waals surface area contributed by atoms with Crippen LogP contribution in [0.5, 0.6) is 0 Å². The van der Waals surface area contributed by atoms with Crippen molar-refractivity contribution in [2.24, 2.45) is 11.8 Å². The average Bonchev–Trinajstić information content (AvgIpc) is 3.25. The number of hydrogen-bond donors (Lipinski definition) is 1. The number of benzene rings is 2. The van der Waals surface area contributed by atoms with Gasteiger partial charge in [0, 0.05) is 17.5 Å². The van der Waals surface area contributed by atoms with Crippen LogP contribution in [0.25, 0.3) is 0 Å². The summed E-state index contributed by atoms with van der Waals surface area (Å²) in [6.45, 7) is 0.277. The number of carbonyl (C=O) groups is 2. The number of carboxylic acids is 1. The molecule has 5 rings (SSSR count). The van der Waals surface area contributed by atoms with Crippen molar-refractivity contribution < 1.29 is 27.5 Å². The number of nitrogens with zero attached hydrogens (tertiary/aromatic N) is 1. The van der Waals surface area contributed by atoms with Crippen molar-refractivity contribution in [3.05, 3.63) is 64.4 Å². The van der Waals surface area contributed by atoms with Crippen LogP contribution in [0.15, 0.2) is 47.4 Å². The van der Waals surface area contributed by atoms with Gasteiger partial charge in [-0.1, -0.05) is 23.7 Å². The molecule has 1 amide bonds. The predicted octanol–water partition coefficient (Wildman–Crippen LogP) is 4.59. The summed E-state index contributed by atoms with van der Waals surface area (Å²) in [6, 6.07) is 9.66. The van der Waals surface area contributed by atoms with Crippen LogP contribution in [0.3, 0.4) is 0 Å². The van der Waals surface area contributed by atoms with Crippen molar-refractivity contribution in [1.82, 2.24) is 4.90 Å². The molecule has 0 radical (unpaired) electrons. The first-order valence-corrected chi connectivity index (χ1v) is 13.8. The first kappa shape index (κ1) is 24.3. The highest BCUT2D eigenvalue weighted by atomic mass is 35.5. The van der Waals surface area contributed by atoms with Gasteiger partial charge < -0.3 is 10.0 Å². The second-order valence-electron chi connectivity index (χ2n) is 9.87. The third-order valence-corrected chi connectivity index (χ3v) is 10.9. The van der Waals surface area contributed by atoms with E-state index in [1.54, 1.807) is 23.1 Å². The van der Waals surface area contributed by atoms with E-state index in [0.29, 0.717) is 49.1 Å². The minimum Gasteiger partial charge on any atom is -0.481 e. The zero-order valence-electron chi connectivity index (χ0n) is 19.1. The van der Waals surface area contributed by atoms with E-state index < -0.39 is 38.3 Å². The Balaban J connectivity index is 1.56. The van der Waals surface area contributed by atoms with Crippen molar-refractivity contribution in [1.29, 1.82) is 0 Å². The molecule has 0 spiro atoms. The highest BCUT2D eigenvalue weighted by Crippen LogP contribution is 2.53. The number of carboxylic acid groups (broad SMARTS) is 1. The van der Waals surface area contributed by atoms with E-state index in [0.717, 1.165) is 11.6 Å². The molecule has 0 aromatic heterocycles. The molecule has 2 atom stereocenters. The Morgan fingerprint density at radius 2 is 1.74 bits per heavy atom.